The van der Waals surface area contributed by atoms with E-state index in [4.69, 9.17) is 4.74 Å². The number of fused-ring (bicyclic) bond motifs is 1. The Morgan fingerprint density at radius 1 is 1.17 bits per heavy atom. The molecule has 1 N–H and O–H groups in total. The third-order valence-corrected chi connectivity index (χ3v) is 4.40. The summed E-state index contributed by atoms with van der Waals surface area (Å²) in [7, 11) is 1.36. The highest BCUT2D eigenvalue weighted by Crippen LogP contribution is 2.27. The van der Waals surface area contributed by atoms with Gasteiger partial charge < -0.3 is 10.1 Å². The van der Waals surface area contributed by atoms with Gasteiger partial charge in [-0.15, -0.1) is 0 Å². The molecule has 2 aromatic rings. The second-order valence-electron chi connectivity index (χ2n) is 5.91. The van der Waals surface area contributed by atoms with E-state index < -0.39 is 0 Å². The number of hydrogen-bond donors (Lipinski definition) is 1. The molecule has 120 valence electrons. The number of nitrogens with zero attached hydrogens (tertiary/aromatic N) is 1. The second kappa shape index (κ2) is 6.77. The Labute approximate surface area is 135 Å². The van der Waals surface area contributed by atoms with Crippen molar-refractivity contribution in [2.75, 3.05) is 12.4 Å². The first kappa shape index (κ1) is 15.5. The third kappa shape index (κ3) is 3.33. The Morgan fingerprint density at radius 3 is 2.70 bits per heavy atom. The Kier molecular flexibility index (Phi) is 4.55. The smallest absolute Gasteiger partial charge is 0.337 e. The average Bonchev–Trinajstić information content (AvgIpc) is 2.61. The first-order chi connectivity index (χ1) is 11.2. The lowest BCUT2D eigenvalue weighted by Gasteiger charge is -2.20. The molecule has 0 bridgehead atoms. The number of ether oxygens (including phenoxy) is 1. The number of rotatable bonds is 3. The fraction of sp³-hybridized carbons (Fsp3) is 0.389. The highest BCUT2D eigenvalue weighted by molar-refractivity contribution is 6.03. The molecule has 1 fully saturated rings. The first-order valence-corrected chi connectivity index (χ1v) is 7.97. The molecule has 0 unspecified atom stereocenters. The van der Waals surface area contributed by atoms with E-state index in [1.165, 1.54) is 13.5 Å². The van der Waals surface area contributed by atoms with Crippen LogP contribution in [0.2, 0.25) is 0 Å². The van der Waals surface area contributed by atoms with E-state index in [0.717, 1.165) is 36.5 Å². The third-order valence-electron chi connectivity index (χ3n) is 4.40. The van der Waals surface area contributed by atoms with Crippen LogP contribution in [0.1, 0.15) is 42.5 Å². The largest absolute Gasteiger partial charge is 0.465 e. The molecule has 1 aliphatic carbocycles. The van der Waals surface area contributed by atoms with Gasteiger partial charge in [-0.3, -0.25) is 4.79 Å². The van der Waals surface area contributed by atoms with Crippen LogP contribution in [-0.4, -0.2) is 24.0 Å². The Balaban J connectivity index is 1.86. The maximum absolute atomic E-state index is 12.4. The van der Waals surface area contributed by atoms with Crippen LogP contribution in [0.25, 0.3) is 10.8 Å². The fourth-order valence-electron chi connectivity index (χ4n) is 3.11. The summed E-state index contributed by atoms with van der Waals surface area (Å²) in [5.74, 6) is 0.294. The van der Waals surface area contributed by atoms with E-state index >= 15 is 0 Å². The van der Waals surface area contributed by atoms with Gasteiger partial charge in [-0.05, 0) is 42.5 Å². The van der Waals surface area contributed by atoms with Crippen LogP contribution >= 0.6 is 0 Å². The van der Waals surface area contributed by atoms with Crippen LogP contribution in [0.15, 0.2) is 30.5 Å². The number of amides is 1. The number of benzene rings is 1. The van der Waals surface area contributed by atoms with Crippen molar-refractivity contribution in [1.82, 2.24) is 4.98 Å². The molecule has 1 amide bonds. The van der Waals surface area contributed by atoms with Gasteiger partial charge in [0.15, 0.2) is 0 Å². The summed E-state index contributed by atoms with van der Waals surface area (Å²) < 4.78 is 4.74. The minimum Gasteiger partial charge on any atom is -0.465 e. The zero-order valence-electron chi connectivity index (χ0n) is 13.2. The maximum Gasteiger partial charge on any atom is 0.337 e. The standard InChI is InChI=1S/C18H20N2O3/c1-23-18(22)14-7-8-15-13(11-14)9-10-19-16(15)20-17(21)12-5-3-2-4-6-12/h7-12H,2-6H2,1H3,(H,19,20,21). The number of hydrogen-bond acceptors (Lipinski definition) is 4. The number of aromatic nitrogens is 1. The molecular formula is C18H20N2O3. The first-order valence-electron chi connectivity index (χ1n) is 7.97. The number of pyridine rings is 1. The number of anilines is 1. The minimum absolute atomic E-state index is 0.0433. The quantitative estimate of drug-likeness (QED) is 0.880. The SMILES string of the molecule is COC(=O)c1ccc2c(NC(=O)C3CCCCC3)nccc2c1. The minimum atomic E-state index is -0.378. The number of methoxy groups -OCH3 is 1. The van der Waals surface area contributed by atoms with Crippen LogP contribution in [0.5, 0.6) is 0 Å². The molecule has 1 saturated carbocycles. The Morgan fingerprint density at radius 2 is 1.96 bits per heavy atom. The molecule has 0 spiro atoms. The summed E-state index contributed by atoms with van der Waals surface area (Å²) in [5, 5.41) is 4.62. The lowest BCUT2D eigenvalue weighted by atomic mass is 9.88. The summed E-state index contributed by atoms with van der Waals surface area (Å²) in [6, 6.07) is 7.05. The molecule has 23 heavy (non-hydrogen) atoms. The molecule has 1 heterocycles. The van der Waals surface area contributed by atoms with Gasteiger partial charge in [-0.25, -0.2) is 9.78 Å². The van der Waals surface area contributed by atoms with Crippen molar-refractivity contribution in [3.8, 4) is 0 Å². The van der Waals surface area contributed by atoms with Gasteiger partial charge in [0.05, 0.1) is 12.7 Å². The number of esters is 1. The van der Waals surface area contributed by atoms with Crippen LogP contribution in [0.3, 0.4) is 0 Å². The Bertz CT molecular complexity index is 736. The highest BCUT2D eigenvalue weighted by Gasteiger charge is 2.22. The van der Waals surface area contributed by atoms with E-state index in [1.807, 2.05) is 6.07 Å². The van der Waals surface area contributed by atoms with Crippen molar-refractivity contribution in [2.45, 2.75) is 32.1 Å². The molecule has 3 rings (SSSR count). The van der Waals surface area contributed by atoms with E-state index in [0.29, 0.717) is 11.4 Å². The van der Waals surface area contributed by atoms with Crippen molar-refractivity contribution in [3.63, 3.8) is 0 Å². The van der Waals surface area contributed by atoms with Gasteiger partial charge >= 0.3 is 5.97 Å². The molecule has 0 atom stereocenters. The topological polar surface area (TPSA) is 68.3 Å². The zero-order chi connectivity index (χ0) is 16.2. The van der Waals surface area contributed by atoms with Crippen LogP contribution < -0.4 is 5.32 Å². The monoisotopic (exact) mass is 312 g/mol. The maximum atomic E-state index is 12.4. The molecule has 0 radical (unpaired) electrons. The average molecular weight is 312 g/mol. The van der Waals surface area contributed by atoms with Crippen molar-refractivity contribution < 1.29 is 14.3 Å². The summed E-state index contributed by atoms with van der Waals surface area (Å²) in [6.45, 7) is 0. The van der Waals surface area contributed by atoms with E-state index in [-0.39, 0.29) is 17.8 Å². The van der Waals surface area contributed by atoms with Gasteiger partial charge in [-0.1, -0.05) is 19.3 Å². The van der Waals surface area contributed by atoms with Crippen molar-refractivity contribution >= 4 is 28.5 Å². The molecule has 5 heteroatoms. The molecule has 1 aromatic carbocycles. The van der Waals surface area contributed by atoms with Gasteiger partial charge in [0.25, 0.3) is 0 Å². The molecule has 0 saturated heterocycles. The Hall–Kier alpha value is -2.43. The molecule has 5 nitrogen and oxygen atoms in total. The molecular weight excluding hydrogens is 292 g/mol. The van der Waals surface area contributed by atoms with Crippen LogP contribution in [-0.2, 0) is 9.53 Å². The lowest BCUT2D eigenvalue weighted by molar-refractivity contribution is -0.120. The predicted octanol–water partition coefficient (Wildman–Crippen LogP) is 3.54. The summed E-state index contributed by atoms with van der Waals surface area (Å²) in [5.41, 5.74) is 0.482. The fourth-order valence-corrected chi connectivity index (χ4v) is 3.11. The number of carbonyl (C=O) groups is 2. The zero-order valence-corrected chi connectivity index (χ0v) is 13.2. The predicted molar refractivity (Wildman–Crippen MR) is 88.3 cm³/mol. The van der Waals surface area contributed by atoms with Crippen LogP contribution in [0, 0.1) is 5.92 Å². The van der Waals surface area contributed by atoms with E-state index in [9.17, 15) is 9.59 Å². The molecule has 0 aliphatic heterocycles. The highest BCUT2D eigenvalue weighted by atomic mass is 16.5. The molecule has 1 aromatic heterocycles. The summed E-state index contributed by atoms with van der Waals surface area (Å²) >= 11 is 0. The number of carbonyl (C=O) groups excluding carboxylic acids is 2. The summed E-state index contributed by atoms with van der Waals surface area (Å²) in [6.07, 6.45) is 6.98. The van der Waals surface area contributed by atoms with Gasteiger partial charge in [0, 0.05) is 17.5 Å². The van der Waals surface area contributed by atoms with Gasteiger partial charge in [0.1, 0.15) is 5.82 Å². The van der Waals surface area contributed by atoms with E-state index in [1.54, 1.807) is 24.4 Å². The van der Waals surface area contributed by atoms with Gasteiger partial charge in [-0.2, -0.15) is 0 Å². The van der Waals surface area contributed by atoms with Crippen molar-refractivity contribution in [3.05, 3.63) is 36.0 Å². The number of nitrogens with one attached hydrogen (secondary N) is 1. The normalized spacial score (nSPS) is 15.3. The summed E-state index contributed by atoms with van der Waals surface area (Å²) in [4.78, 5) is 28.3. The van der Waals surface area contributed by atoms with Crippen molar-refractivity contribution in [2.24, 2.45) is 5.92 Å². The van der Waals surface area contributed by atoms with Gasteiger partial charge in [0.2, 0.25) is 5.91 Å². The van der Waals surface area contributed by atoms with Crippen LogP contribution in [0.4, 0.5) is 5.82 Å². The van der Waals surface area contributed by atoms with Crippen molar-refractivity contribution in [1.29, 1.82) is 0 Å². The lowest BCUT2D eigenvalue weighted by Crippen LogP contribution is -2.25. The molecule has 1 aliphatic rings. The van der Waals surface area contributed by atoms with E-state index in [2.05, 4.69) is 10.3 Å². The second-order valence-corrected chi connectivity index (χ2v) is 5.91.